The number of piperazine rings is 1. The van der Waals surface area contributed by atoms with E-state index < -0.39 is 5.91 Å². The van der Waals surface area contributed by atoms with Gasteiger partial charge in [0.2, 0.25) is 5.91 Å². The molecular weight excluding hydrogens is 367 g/mol. The lowest BCUT2D eigenvalue weighted by Gasteiger charge is -2.36. The number of para-hydroxylation sites is 1. The summed E-state index contributed by atoms with van der Waals surface area (Å²) in [7, 11) is 0. The molecule has 0 saturated carbocycles. The van der Waals surface area contributed by atoms with Crippen molar-refractivity contribution in [1.82, 2.24) is 4.90 Å². The van der Waals surface area contributed by atoms with Crippen molar-refractivity contribution in [3.63, 3.8) is 0 Å². The molecule has 0 spiro atoms. The zero-order valence-corrected chi connectivity index (χ0v) is 16.0. The summed E-state index contributed by atoms with van der Waals surface area (Å²) in [6, 6.07) is 6.66. The molecule has 1 aromatic rings. The van der Waals surface area contributed by atoms with Crippen molar-refractivity contribution < 1.29 is 14.0 Å². The molecule has 0 bridgehead atoms. The van der Waals surface area contributed by atoms with Crippen molar-refractivity contribution >= 4 is 40.1 Å². The Labute approximate surface area is 161 Å². The van der Waals surface area contributed by atoms with Crippen LogP contribution in [0.5, 0.6) is 0 Å². The molecule has 8 heteroatoms. The summed E-state index contributed by atoms with van der Waals surface area (Å²) in [6.45, 7) is 7.79. The maximum atomic E-state index is 13.9. The Balaban J connectivity index is 1.52. The summed E-state index contributed by atoms with van der Waals surface area (Å²) >= 11 is 1.16. The fraction of sp³-hybridized carbons (Fsp3) is 0.368. The first-order chi connectivity index (χ1) is 13.0. The molecule has 2 aliphatic heterocycles. The number of hydrogen-bond acceptors (Lipinski definition) is 5. The summed E-state index contributed by atoms with van der Waals surface area (Å²) in [4.78, 5) is 36.1. The summed E-state index contributed by atoms with van der Waals surface area (Å²) in [6.07, 6.45) is 0.593. The predicted octanol–water partition coefficient (Wildman–Crippen LogP) is 2.51. The number of hydrogen-bond donors (Lipinski definition) is 0. The Bertz CT molecular complexity index is 829. The van der Waals surface area contributed by atoms with Crippen molar-refractivity contribution in [3.8, 4) is 0 Å². The second kappa shape index (κ2) is 8.47. The molecule has 1 fully saturated rings. The van der Waals surface area contributed by atoms with Gasteiger partial charge in [-0.3, -0.25) is 9.59 Å². The number of amides is 2. The van der Waals surface area contributed by atoms with Crippen LogP contribution in [0.4, 0.5) is 10.1 Å². The summed E-state index contributed by atoms with van der Waals surface area (Å²) in [5.74, 6) is -0.519. The lowest BCUT2D eigenvalue weighted by molar-refractivity contribution is -0.128. The van der Waals surface area contributed by atoms with E-state index in [0.717, 1.165) is 11.8 Å². The standard InChI is InChI=1S/C19H21FN4O2S/c1-3-15-13(2)18(26)22-19(21-15)27-12-17(25)24-10-8-23(9-11-24)16-7-5-4-6-14(16)20/h4-7H,2-3,8-12H2,1H3. The van der Waals surface area contributed by atoms with Crippen LogP contribution in [0.1, 0.15) is 13.3 Å². The maximum Gasteiger partial charge on any atom is 0.280 e. The number of carbonyl (C=O) groups excluding carboxylic acids is 2. The third-order valence-electron chi connectivity index (χ3n) is 4.52. The number of nitrogens with zero attached hydrogens (tertiary/aromatic N) is 4. The number of thioether (sulfide) groups is 1. The molecule has 0 unspecified atom stereocenters. The van der Waals surface area contributed by atoms with E-state index in [1.165, 1.54) is 6.07 Å². The molecule has 0 atom stereocenters. The first kappa shape index (κ1) is 19.3. The number of amidine groups is 1. The second-order valence-corrected chi connectivity index (χ2v) is 7.14. The molecule has 0 aliphatic carbocycles. The van der Waals surface area contributed by atoms with Crippen molar-refractivity contribution in [2.45, 2.75) is 13.3 Å². The van der Waals surface area contributed by atoms with Gasteiger partial charge in [0.05, 0.1) is 22.7 Å². The van der Waals surface area contributed by atoms with E-state index in [1.807, 2.05) is 11.8 Å². The monoisotopic (exact) mass is 388 g/mol. The number of anilines is 1. The molecule has 2 amide bonds. The Kier molecular flexibility index (Phi) is 6.05. The van der Waals surface area contributed by atoms with Crippen LogP contribution in [0.25, 0.3) is 0 Å². The first-order valence-electron chi connectivity index (χ1n) is 8.79. The van der Waals surface area contributed by atoms with Gasteiger partial charge in [-0.05, 0) is 18.6 Å². The minimum atomic E-state index is -0.393. The predicted molar refractivity (Wildman–Crippen MR) is 107 cm³/mol. The highest BCUT2D eigenvalue weighted by Gasteiger charge is 2.24. The molecule has 0 aromatic heterocycles. The van der Waals surface area contributed by atoms with Gasteiger partial charge in [0.1, 0.15) is 5.82 Å². The molecule has 2 heterocycles. The largest absolute Gasteiger partial charge is 0.366 e. The normalized spacial score (nSPS) is 17.7. The van der Waals surface area contributed by atoms with Gasteiger partial charge >= 0.3 is 0 Å². The van der Waals surface area contributed by atoms with Gasteiger partial charge in [-0.25, -0.2) is 9.38 Å². The van der Waals surface area contributed by atoms with Crippen molar-refractivity contribution in [3.05, 3.63) is 42.2 Å². The Morgan fingerprint density at radius 3 is 2.59 bits per heavy atom. The van der Waals surface area contributed by atoms with E-state index in [4.69, 9.17) is 0 Å². The van der Waals surface area contributed by atoms with Gasteiger partial charge in [0.25, 0.3) is 5.91 Å². The number of halogens is 1. The quantitative estimate of drug-likeness (QED) is 0.744. The molecule has 142 valence electrons. The van der Waals surface area contributed by atoms with Crippen LogP contribution < -0.4 is 4.90 Å². The van der Waals surface area contributed by atoms with Crippen molar-refractivity contribution in [1.29, 1.82) is 0 Å². The minimum absolute atomic E-state index is 0.0408. The highest BCUT2D eigenvalue weighted by molar-refractivity contribution is 8.14. The zero-order valence-electron chi connectivity index (χ0n) is 15.2. The average molecular weight is 388 g/mol. The van der Waals surface area contributed by atoms with Crippen LogP contribution in [-0.2, 0) is 9.59 Å². The van der Waals surface area contributed by atoms with Crippen LogP contribution in [-0.4, -0.2) is 59.5 Å². The van der Waals surface area contributed by atoms with Crippen LogP contribution in [0.15, 0.2) is 46.4 Å². The highest BCUT2D eigenvalue weighted by atomic mass is 32.2. The summed E-state index contributed by atoms with van der Waals surface area (Å²) < 4.78 is 13.9. The lowest BCUT2D eigenvalue weighted by atomic mass is 10.1. The maximum absolute atomic E-state index is 13.9. The van der Waals surface area contributed by atoms with Gasteiger partial charge < -0.3 is 9.80 Å². The van der Waals surface area contributed by atoms with Crippen molar-refractivity contribution in [2.24, 2.45) is 9.98 Å². The Morgan fingerprint density at radius 2 is 1.93 bits per heavy atom. The fourth-order valence-corrected chi connectivity index (χ4v) is 3.72. The minimum Gasteiger partial charge on any atom is -0.366 e. The number of aliphatic imine (C=N–C) groups is 2. The van der Waals surface area contributed by atoms with E-state index in [1.54, 1.807) is 23.1 Å². The topological polar surface area (TPSA) is 65.3 Å². The van der Waals surface area contributed by atoms with E-state index in [2.05, 4.69) is 16.6 Å². The average Bonchev–Trinajstić information content (AvgIpc) is 2.69. The van der Waals surface area contributed by atoms with E-state index in [-0.39, 0.29) is 17.5 Å². The van der Waals surface area contributed by atoms with Crippen LogP contribution in [0.3, 0.4) is 0 Å². The molecule has 1 aromatic carbocycles. The fourth-order valence-electron chi connectivity index (χ4n) is 2.97. The first-order valence-corrected chi connectivity index (χ1v) is 9.78. The number of benzene rings is 1. The second-order valence-electron chi connectivity index (χ2n) is 6.20. The molecule has 27 heavy (non-hydrogen) atoms. The van der Waals surface area contributed by atoms with Gasteiger partial charge in [-0.1, -0.05) is 37.4 Å². The molecule has 0 N–H and O–H groups in total. The molecular formula is C19H21FN4O2S. The summed E-state index contributed by atoms with van der Waals surface area (Å²) in [5.41, 5.74) is 1.50. The van der Waals surface area contributed by atoms with Crippen molar-refractivity contribution in [2.75, 3.05) is 36.8 Å². The smallest absolute Gasteiger partial charge is 0.280 e. The third kappa shape index (κ3) is 4.44. The summed E-state index contributed by atoms with van der Waals surface area (Å²) in [5, 5.41) is 0.308. The van der Waals surface area contributed by atoms with Crippen LogP contribution in [0, 0.1) is 5.82 Å². The van der Waals surface area contributed by atoms with Crippen LogP contribution >= 0.6 is 11.8 Å². The number of carbonyl (C=O) groups is 2. The van der Waals surface area contributed by atoms with Gasteiger partial charge in [-0.2, -0.15) is 4.99 Å². The Morgan fingerprint density at radius 1 is 1.22 bits per heavy atom. The Hall–Kier alpha value is -2.48. The van der Waals surface area contributed by atoms with Gasteiger partial charge in [0.15, 0.2) is 5.17 Å². The molecule has 2 aliphatic rings. The van der Waals surface area contributed by atoms with E-state index >= 15 is 0 Å². The zero-order chi connectivity index (χ0) is 19.4. The molecule has 3 rings (SSSR count). The van der Waals surface area contributed by atoms with E-state index in [9.17, 15) is 14.0 Å². The third-order valence-corrected chi connectivity index (χ3v) is 5.35. The van der Waals surface area contributed by atoms with Gasteiger partial charge in [0, 0.05) is 26.2 Å². The molecule has 1 saturated heterocycles. The van der Waals surface area contributed by atoms with Crippen LogP contribution in [0.2, 0.25) is 0 Å². The molecule has 6 nitrogen and oxygen atoms in total. The molecule has 0 radical (unpaired) electrons. The van der Waals surface area contributed by atoms with Gasteiger partial charge in [-0.15, -0.1) is 0 Å². The highest BCUT2D eigenvalue weighted by Crippen LogP contribution is 2.21. The van der Waals surface area contributed by atoms with E-state index in [0.29, 0.717) is 54.7 Å². The lowest BCUT2D eigenvalue weighted by Crippen LogP contribution is -2.49. The number of rotatable bonds is 4. The SMILES string of the molecule is C=C1C(=O)N=C(SCC(=O)N2CCN(c3ccccc3F)CC2)N=C1CC.